The summed E-state index contributed by atoms with van der Waals surface area (Å²) in [5.41, 5.74) is 4.93. The molecule has 5 nitrogen and oxygen atoms in total. The highest BCUT2D eigenvalue weighted by Crippen LogP contribution is 2.19. The molecule has 1 aliphatic rings. The van der Waals surface area contributed by atoms with Gasteiger partial charge in [-0.15, -0.1) is 0 Å². The van der Waals surface area contributed by atoms with Crippen molar-refractivity contribution in [3.63, 3.8) is 0 Å². The average Bonchev–Trinajstić information content (AvgIpc) is 2.59. The average molecular weight is 228 g/mol. The molecule has 0 radical (unpaired) electrons. The molecule has 1 atom stereocenters. The standard InChI is InChI=1S/C11H20N2O3/c1-11(2,3)16-10(14)13-7-8-15-9(13)5-4-6-12/h7-9H,4-6,12H2,1-3H3. The van der Waals surface area contributed by atoms with E-state index in [1.165, 1.54) is 11.2 Å². The van der Waals surface area contributed by atoms with Crippen LogP contribution in [0.4, 0.5) is 4.79 Å². The lowest BCUT2D eigenvalue weighted by molar-refractivity contribution is -0.00376. The lowest BCUT2D eigenvalue weighted by Gasteiger charge is -2.26. The Hall–Kier alpha value is -1.23. The molecule has 0 fully saturated rings. The number of hydrogen-bond donors (Lipinski definition) is 1. The fraction of sp³-hybridized carbons (Fsp3) is 0.727. The number of nitrogens with two attached hydrogens (primary N) is 1. The highest BCUT2D eigenvalue weighted by Gasteiger charge is 2.29. The molecule has 2 N–H and O–H groups in total. The molecule has 0 saturated heterocycles. The highest BCUT2D eigenvalue weighted by atomic mass is 16.6. The van der Waals surface area contributed by atoms with Crippen LogP contribution in [0.1, 0.15) is 33.6 Å². The summed E-state index contributed by atoms with van der Waals surface area (Å²) in [6.45, 7) is 6.09. The van der Waals surface area contributed by atoms with Crippen LogP contribution < -0.4 is 5.73 Å². The predicted molar refractivity (Wildman–Crippen MR) is 60.4 cm³/mol. The van der Waals surface area contributed by atoms with E-state index < -0.39 is 5.60 Å². The molecule has 0 aromatic rings. The Balaban J connectivity index is 2.50. The van der Waals surface area contributed by atoms with Crippen LogP contribution in [0.25, 0.3) is 0 Å². The van der Waals surface area contributed by atoms with Gasteiger partial charge in [-0.2, -0.15) is 0 Å². The second-order valence-corrected chi connectivity index (χ2v) is 4.69. The molecule has 92 valence electrons. The van der Waals surface area contributed by atoms with Gasteiger partial charge in [0.15, 0.2) is 6.23 Å². The minimum absolute atomic E-state index is 0.279. The summed E-state index contributed by atoms with van der Waals surface area (Å²) in [6, 6.07) is 0. The molecular formula is C11H20N2O3. The van der Waals surface area contributed by atoms with Crippen molar-refractivity contribution >= 4 is 6.09 Å². The quantitative estimate of drug-likeness (QED) is 0.799. The van der Waals surface area contributed by atoms with Gasteiger partial charge >= 0.3 is 6.09 Å². The maximum Gasteiger partial charge on any atom is 0.417 e. The third-order valence-corrected chi connectivity index (χ3v) is 2.03. The van der Waals surface area contributed by atoms with Gasteiger partial charge in [0.1, 0.15) is 11.9 Å². The van der Waals surface area contributed by atoms with Crippen LogP contribution in [0.15, 0.2) is 12.5 Å². The van der Waals surface area contributed by atoms with Crippen LogP contribution in [-0.4, -0.2) is 29.4 Å². The lowest BCUT2D eigenvalue weighted by Crippen LogP contribution is -2.38. The summed E-state index contributed by atoms with van der Waals surface area (Å²) >= 11 is 0. The zero-order chi connectivity index (χ0) is 12.2. The summed E-state index contributed by atoms with van der Waals surface area (Å²) in [5.74, 6) is 0. The Kier molecular flexibility index (Phi) is 4.18. The first-order valence-corrected chi connectivity index (χ1v) is 5.47. The van der Waals surface area contributed by atoms with E-state index in [4.69, 9.17) is 15.2 Å². The number of nitrogens with zero attached hydrogens (tertiary/aromatic N) is 1. The lowest BCUT2D eigenvalue weighted by atomic mass is 10.2. The molecule has 0 aromatic heterocycles. The van der Waals surface area contributed by atoms with E-state index in [0.717, 1.165) is 6.42 Å². The number of carbonyl (C=O) groups is 1. The second kappa shape index (κ2) is 5.21. The van der Waals surface area contributed by atoms with Crippen molar-refractivity contribution in [1.82, 2.24) is 4.90 Å². The van der Waals surface area contributed by atoms with Gasteiger partial charge < -0.3 is 15.2 Å². The maximum absolute atomic E-state index is 11.8. The fourth-order valence-corrected chi connectivity index (χ4v) is 1.35. The summed E-state index contributed by atoms with van der Waals surface area (Å²) in [4.78, 5) is 13.2. The smallest absolute Gasteiger partial charge is 0.417 e. The molecule has 0 aromatic carbocycles. The van der Waals surface area contributed by atoms with Crippen molar-refractivity contribution in [2.24, 2.45) is 5.73 Å². The van der Waals surface area contributed by atoms with Crippen molar-refractivity contribution in [2.75, 3.05) is 6.54 Å². The highest BCUT2D eigenvalue weighted by molar-refractivity contribution is 5.69. The van der Waals surface area contributed by atoms with Crippen molar-refractivity contribution in [3.8, 4) is 0 Å². The monoisotopic (exact) mass is 228 g/mol. The minimum atomic E-state index is -0.494. The fourth-order valence-electron chi connectivity index (χ4n) is 1.35. The van der Waals surface area contributed by atoms with Crippen molar-refractivity contribution in [1.29, 1.82) is 0 Å². The van der Waals surface area contributed by atoms with E-state index >= 15 is 0 Å². The van der Waals surface area contributed by atoms with Crippen LogP contribution >= 0.6 is 0 Å². The van der Waals surface area contributed by atoms with Gasteiger partial charge in [0.2, 0.25) is 0 Å². The third-order valence-electron chi connectivity index (χ3n) is 2.03. The molecule has 1 unspecified atom stereocenters. The minimum Gasteiger partial charge on any atom is -0.476 e. The van der Waals surface area contributed by atoms with E-state index in [-0.39, 0.29) is 12.3 Å². The molecule has 0 aliphatic carbocycles. The number of carbonyl (C=O) groups excluding carboxylic acids is 1. The van der Waals surface area contributed by atoms with Crippen molar-refractivity contribution in [2.45, 2.75) is 45.4 Å². The van der Waals surface area contributed by atoms with Gasteiger partial charge in [-0.3, -0.25) is 0 Å². The normalized spacial score (nSPS) is 19.8. The first kappa shape index (κ1) is 12.8. The Morgan fingerprint density at radius 1 is 1.56 bits per heavy atom. The van der Waals surface area contributed by atoms with Gasteiger partial charge in [-0.1, -0.05) is 0 Å². The number of rotatable bonds is 3. The summed E-state index contributed by atoms with van der Waals surface area (Å²) in [5, 5.41) is 0. The molecule has 0 spiro atoms. The van der Waals surface area contributed by atoms with Crippen LogP contribution in [-0.2, 0) is 9.47 Å². The van der Waals surface area contributed by atoms with Crippen LogP contribution in [0.3, 0.4) is 0 Å². The number of amides is 1. The van der Waals surface area contributed by atoms with E-state index in [0.29, 0.717) is 13.0 Å². The van der Waals surface area contributed by atoms with E-state index in [2.05, 4.69) is 0 Å². The van der Waals surface area contributed by atoms with Crippen LogP contribution in [0.2, 0.25) is 0 Å². The molecule has 1 rings (SSSR count). The molecular weight excluding hydrogens is 208 g/mol. The van der Waals surface area contributed by atoms with Gasteiger partial charge in [0, 0.05) is 12.6 Å². The summed E-state index contributed by atoms with van der Waals surface area (Å²) in [6.07, 6.45) is 3.95. The molecule has 1 heterocycles. The van der Waals surface area contributed by atoms with Gasteiger partial charge in [0.05, 0.1) is 0 Å². The molecule has 0 bridgehead atoms. The summed E-state index contributed by atoms with van der Waals surface area (Å²) in [7, 11) is 0. The van der Waals surface area contributed by atoms with Crippen LogP contribution in [0, 0.1) is 0 Å². The first-order chi connectivity index (χ1) is 7.44. The molecule has 1 aliphatic heterocycles. The van der Waals surface area contributed by atoms with E-state index in [9.17, 15) is 4.79 Å². The van der Waals surface area contributed by atoms with E-state index in [1.807, 2.05) is 20.8 Å². The number of ether oxygens (including phenoxy) is 2. The largest absolute Gasteiger partial charge is 0.476 e. The third kappa shape index (κ3) is 3.73. The molecule has 0 saturated carbocycles. The van der Waals surface area contributed by atoms with Crippen molar-refractivity contribution < 1.29 is 14.3 Å². The Morgan fingerprint density at radius 3 is 2.81 bits per heavy atom. The van der Waals surface area contributed by atoms with Crippen LogP contribution in [0.5, 0.6) is 0 Å². The SMILES string of the molecule is CC(C)(C)OC(=O)N1C=COC1CCCN. The second-order valence-electron chi connectivity index (χ2n) is 4.69. The summed E-state index contributed by atoms with van der Waals surface area (Å²) < 4.78 is 10.5. The topological polar surface area (TPSA) is 64.8 Å². The van der Waals surface area contributed by atoms with Crippen molar-refractivity contribution in [3.05, 3.63) is 12.5 Å². The maximum atomic E-state index is 11.8. The zero-order valence-corrected chi connectivity index (χ0v) is 10.1. The predicted octanol–water partition coefficient (Wildman–Crippen LogP) is 1.79. The van der Waals surface area contributed by atoms with Gasteiger partial charge in [0.25, 0.3) is 0 Å². The van der Waals surface area contributed by atoms with Gasteiger partial charge in [-0.25, -0.2) is 9.69 Å². The Morgan fingerprint density at radius 2 is 2.25 bits per heavy atom. The van der Waals surface area contributed by atoms with E-state index in [1.54, 1.807) is 6.20 Å². The molecule has 5 heteroatoms. The number of hydrogen-bond acceptors (Lipinski definition) is 4. The Bertz CT molecular complexity index is 271. The first-order valence-electron chi connectivity index (χ1n) is 5.47. The molecule has 16 heavy (non-hydrogen) atoms. The Labute approximate surface area is 96.2 Å². The van der Waals surface area contributed by atoms with Gasteiger partial charge in [-0.05, 0) is 33.7 Å². The molecule has 1 amide bonds. The zero-order valence-electron chi connectivity index (χ0n) is 10.1.